The van der Waals surface area contributed by atoms with Gasteiger partial charge in [-0.15, -0.1) is 0 Å². The van der Waals surface area contributed by atoms with Crippen LogP contribution in [0.15, 0.2) is 42.5 Å². The van der Waals surface area contributed by atoms with Crippen LogP contribution in [0.3, 0.4) is 0 Å². The van der Waals surface area contributed by atoms with Crippen molar-refractivity contribution < 1.29 is 18.7 Å². The first-order valence-corrected chi connectivity index (χ1v) is 13.0. The summed E-state index contributed by atoms with van der Waals surface area (Å²) >= 11 is 0. The third kappa shape index (κ3) is 5.53. The number of halogens is 2. The molecule has 1 spiro atoms. The first-order valence-electron chi connectivity index (χ1n) is 13.0. The number of fused-ring (bicyclic) bond motifs is 2. The molecule has 3 heterocycles. The molecule has 0 radical (unpaired) electrons. The van der Waals surface area contributed by atoms with E-state index in [1.54, 1.807) is 4.90 Å². The Labute approximate surface area is 216 Å². The molecule has 6 nitrogen and oxygen atoms in total. The lowest BCUT2D eigenvalue weighted by atomic mass is 9.74. The van der Waals surface area contributed by atoms with E-state index in [4.69, 9.17) is 5.26 Å². The zero-order valence-electron chi connectivity index (χ0n) is 20.8. The second-order valence-electron chi connectivity index (χ2n) is 10.6. The number of carbonyl (C=O) groups excluding carboxylic acids is 1. The lowest BCUT2D eigenvalue weighted by molar-refractivity contribution is -0.128. The van der Waals surface area contributed by atoms with E-state index in [1.165, 1.54) is 29.8 Å². The minimum absolute atomic E-state index is 0.0985. The Morgan fingerprint density at radius 2 is 1.84 bits per heavy atom. The molecule has 1 amide bonds. The van der Waals surface area contributed by atoms with Crippen LogP contribution in [0, 0.1) is 28.9 Å². The smallest absolute Gasteiger partial charge is 0.246 e. The van der Waals surface area contributed by atoms with Crippen molar-refractivity contribution >= 4 is 17.7 Å². The summed E-state index contributed by atoms with van der Waals surface area (Å²) in [5.74, 6) is -1.40. The Balaban J connectivity index is 1.08. The normalized spacial score (nSPS) is 20.5. The summed E-state index contributed by atoms with van der Waals surface area (Å²) in [6.45, 7) is 4.47. The van der Waals surface area contributed by atoms with Crippen molar-refractivity contribution in [2.75, 3.05) is 44.6 Å². The van der Waals surface area contributed by atoms with Gasteiger partial charge < -0.3 is 20.2 Å². The molecular formula is C29H32F2N4O2. The average Bonchev–Trinajstić information content (AvgIpc) is 3.25. The quantitative estimate of drug-likeness (QED) is 0.602. The molecule has 0 aromatic heterocycles. The number of carbonyl (C=O) groups is 1. The molecule has 2 aromatic carbocycles. The van der Waals surface area contributed by atoms with E-state index in [0.29, 0.717) is 30.8 Å². The van der Waals surface area contributed by atoms with Gasteiger partial charge in [-0.2, -0.15) is 5.26 Å². The predicted octanol–water partition coefficient (Wildman–Crippen LogP) is 3.91. The van der Waals surface area contributed by atoms with Crippen molar-refractivity contribution in [1.29, 1.82) is 5.26 Å². The van der Waals surface area contributed by atoms with Crippen LogP contribution in [0.25, 0.3) is 6.08 Å². The number of nitriles is 1. The fourth-order valence-electron chi connectivity index (χ4n) is 6.05. The Morgan fingerprint density at radius 3 is 2.51 bits per heavy atom. The maximum Gasteiger partial charge on any atom is 0.246 e. The Hall–Kier alpha value is -3.28. The van der Waals surface area contributed by atoms with Crippen molar-refractivity contribution in [1.82, 2.24) is 9.80 Å². The first-order chi connectivity index (χ1) is 17.8. The number of nitrogens with one attached hydrogen (secondary N) is 1. The Bertz CT molecular complexity index is 1200. The van der Waals surface area contributed by atoms with Gasteiger partial charge in [-0.3, -0.25) is 4.79 Å². The number of rotatable bonds is 5. The van der Waals surface area contributed by atoms with E-state index < -0.39 is 17.7 Å². The van der Waals surface area contributed by atoms with Gasteiger partial charge in [0.1, 0.15) is 11.6 Å². The van der Waals surface area contributed by atoms with Gasteiger partial charge in [0.2, 0.25) is 5.91 Å². The van der Waals surface area contributed by atoms with Crippen molar-refractivity contribution in [3.05, 3.63) is 70.8 Å². The molecule has 0 bridgehead atoms. The molecule has 3 aliphatic heterocycles. The second kappa shape index (κ2) is 10.6. The maximum atomic E-state index is 13.3. The van der Waals surface area contributed by atoms with E-state index in [9.17, 15) is 18.7 Å². The molecule has 0 saturated carbocycles. The highest BCUT2D eigenvalue weighted by Crippen LogP contribution is 2.44. The van der Waals surface area contributed by atoms with Gasteiger partial charge >= 0.3 is 0 Å². The topological polar surface area (TPSA) is 79.6 Å². The number of likely N-dealkylation sites (tertiary alicyclic amines) is 2. The highest BCUT2D eigenvalue weighted by molar-refractivity contribution is 5.91. The number of hydrogen-bond donors (Lipinski definition) is 2. The average molecular weight is 507 g/mol. The summed E-state index contributed by atoms with van der Waals surface area (Å²) in [7, 11) is 0. The number of anilines is 1. The summed E-state index contributed by atoms with van der Waals surface area (Å²) in [6.07, 6.45) is 5.83. The van der Waals surface area contributed by atoms with Crippen LogP contribution in [0.1, 0.15) is 42.4 Å². The number of benzene rings is 2. The minimum atomic E-state index is -0.676. The third-order valence-electron chi connectivity index (χ3n) is 8.29. The van der Waals surface area contributed by atoms with E-state index >= 15 is 0 Å². The standard InChI is InChI=1S/C29H32F2N4O2/c30-23-13-20(14-24(31)16-23)2-4-28(37)35-9-5-22(6-10-35)27(36)18-34-11-7-29(8-12-34)19-33-26-15-21(17-32)1-3-25(26)29/h1-4,13-16,22,27,33,36H,5-12,18-19H2/b4-2+/t27-/m0/s1. The molecule has 2 saturated heterocycles. The van der Waals surface area contributed by atoms with Crippen LogP contribution in [-0.2, 0) is 10.2 Å². The van der Waals surface area contributed by atoms with Crippen LogP contribution in [0.5, 0.6) is 0 Å². The molecule has 8 heteroatoms. The van der Waals surface area contributed by atoms with E-state index in [-0.39, 0.29) is 17.2 Å². The largest absolute Gasteiger partial charge is 0.392 e. The van der Waals surface area contributed by atoms with Crippen LogP contribution in [-0.4, -0.2) is 66.2 Å². The summed E-state index contributed by atoms with van der Waals surface area (Å²) < 4.78 is 26.7. The third-order valence-corrected chi connectivity index (χ3v) is 8.29. The van der Waals surface area contributed by atoms with Gasteiger partial charge in [-0.1, -0.05) is 6.07 Å². The number of hydrogen-bond acceptors (Lipinski definition) is 5. The highest BCUT2D eigenvalue weighted by Gasteiger charge is 2.42. The number of aliphatic hydroxyl groups is 1. The SMILES string of the molecule is N#Cc1ccc2c(c1)NCC21CCN(C[C@H](O)C2CCN(C(=O)/C=C/c3cc(F)cc(F)c3)CC2)CC1. The molecule has 2 N–H and O–H groups in total. The predicted molar refractivity (Wildman–Crippen MR) is 138 cm³/mol. The van der Waals surface area contributed by atoms with Crippen molar-refractivity contribution in [3.8, 4) is 6.07 Å². The van der Waals surface area contributed by atoms with Gasteiger partial charge in [0.25, 0.3) is 0 Å². The number of piperidine rings is 2. The van der Waals surface area contributed by atoms with Crippen LogP contribution in [0.4, 0.5) is 14.5 Å². The first kappa shape index (κ1) is 25.4. The zero-order valence-corrected chi connectivity index (χ0v) is 20.8. The minimum Gasteiger partial charge on any atom is -0.392 e. The molecule has 2 aromatic rings. The number of nitrogens with zero attached hydrogens (tertiary/aromatic N) is 3. The maximum absolute atomic E-state index is 13.3. The van der Waals surface area contributed by atoms with E-state index in [0.717, 1.165) is 57.1 Å². The van der Waals surface area contributed by atoms with Crippen LogP contribution < -0.4 is 5.32 Å². The molecule has 3 aliphatic rings. The molecule has 5 rings (SSSR count). The number of amides is 1. The lowest BCUT2D eigenvalue weighted by Gasteiger charge is -2.41. The number of β-amino-alcohol motifs (C(OH)–C–C–N with tert-alkyl or cyclic N) is 1. The second-order valence-corrected chi connectivity index (χ2v) is 10.6. The van der Waals surface area contributed by atoms with Gasteiger partial charge in [0.05, 0.1) is 17.7 Å². The highest BCUT2D eigenvalue weighted by atomic mass is 19.1. The van der Waals surface area contributed by atoms with Crippen molar-refractivity contribution in [2.24, 2.45) is 5.92 Å². The summed E-state index contributed by atoms with van der Waals surface area (Å²) in [5, 5.41) is 23.6. The van der Waals surface area contributed by atoms with Crippen molar-refractivity contribution in [2.45, 2.75) is 37.2 Å². The molecule has 194 valence electrons. The van der Waals surface area contributed by atoms with Crippen molar-refractivity contribution in [3.63, 3.8) is 0 Å². The number of aliphatic hydroxyl groups excluding tert-OH is 1. The molecule has 2 fully saturated rings. The lowest BCUT2D eigenvalue weighted by Crippen LogP contribution is -2.48. The van der Waals surface area contributed by atoms with Gasteiger partial charge in [-0.05, 0) is 86.2 Å². The Morgan fingerprint density at radius 1 is 1.14 bits per heavy atom. The molecular weight excluding hydrogens is 474 g/mol. The summed E-state index contributed by atoms with van der Waals surface area (Å²) in [6, 6.07) is 11.3. The molecule has 0 aliphatic carbocycles. The monoisotopic (exact) mass is 506 g/mol. The van der Waals surface area contributed by atoms with Gasteiger partial charge in [-0.25, -0.2) is 8.78 Å². The zero-order chi connectivity index (χ0) is 26.0. The van der Waals surface area contributed by atoms with E-state index in [1.807, 2.05) is 12.1 Å². The summed E-state index contributed by atoms with van der Waals surface area (Å²) in [4.78, 5) is 16.6. The van der Waals surface area contributed by atoms with E-state index in [2.05, 4.69) is 22.4 Å². The van der Waals surface area contributed by atoms with Gasteiger partial charge in [0.15, 0.2) is 0 Å². The van der Waals surface area contributed by atoms with Crippen LogP contribution in [0.2, 0.25) is 0 Å². The molecule has 37 heavy (non-hydrogen) atoms. The van der Waals surface area contributed by atoms with Crippen LogP contribution >= 0.6 is 0 Å². The fourth-order valence-corrected chi connectivity index (χ4v) is 6.05. The Kier molecular flexibility index (Phi) is 7.27. The molecule has 1 atom stereocenters. The summed E-state index contributed by atoms with van der Waals surface area (Å²) in [5.41, 5.74) is 3.46. The fraction of sp³-hybridized carbons (Fsp3) is 0.448. The molecule has 0 unspecified atom stereocenters. The van der Waals surface area contributed by atoms with Gasteiger partial charge in [0, 0.05) is 49.4 Å².